The Morgan fingerprint density at radius 1 is 1.21 bits per heavy atom. The fourth-order valence-corrected chi connectivity index (χ4v) is 2.92. The lowest BCUT2D eigenvalue weighted by Crippen LogP contribution is -2.45. The summed E-state index contributed by atoms with van der Waals surface area (Å²) in [6.07, 6.45) is 0.390. The van der Waals surface area contributed by atoms with Crippen molar-refractivity contribution in [3.63, 3.8) is 0 Å². The van der Waals surface area contributed by atoms with E-state index in [0.717, 1.165) is 10.8 Å². The molecule has 2 aromatic carbocycles. The molecule has 1 N–H and O–H groups in total. The van der Waals surface area contributed by atoms with Gasteiger partial charge in [-0.05, 0) is 29.8 Å². The van der Waals surface area contributed by atoms with Crippen LogP contribution in [0.2, 0.25) is 0 Å². The quantitative estimate of drug-likeness (QED) is 0.937. The molecule has 3 rings (SSSR count). The number of carbonyl (C=O) groups is 2. The number of morpholine rings is 1. The normalized spacial score (nSPS) is 17.7. The summed E-state index contributed by atoms with van der Waals surface area (Å²) in [5.41, 5.74) is 0.612. The lowest BCUT2D eigenvalue weighted by atomic mass is 10.1. The second-order valence-electron chi connectivity index (χ2n) is 6.09. The van der Waals surface area contributed by atoms with Crippen molar-refractivity contribution in [1.82, 2.24) is 10.2 Å². The van der Waals surface area contributed by atoms with Crippen LogP contribution in [0.25, 0.3) is 10.8 Å². The van der Waals surface area contributed by atoms with Gasteiger partial charge in [-0.3, -0.25) is 9.59 Å². The Morgan fingerprint density at radius 2 is 2.00 bits per heavy atom. The summed E-state index contributed by atoms with van der Waals surface area (Å²) in [6, 6.07) is 13.5. The van der Waals surface area contributed by atoms with Crippen molar-refractivity contribution in [1.29, 1.82) is 0 Å². The summed E-state index contributed by atoms with van der Waals surface area (Å²) in [4.78, 5) is 26.2. The molecule has 0 bridgehead atoms. The van der Waals surface area contributed by atoms with Crippen molar-refractivity contribution in [3.8, 4) is 0 Å². The molecule has 1 aliphatic rings. The van der Waals surface area contributed by atoms with Crippen LogP contribution in [-0.4, -0.2) is 49.1 Å². The zero-order chi connectivity index (χ0) is 16.9. The van der Waals surface area contributed by atoms with Crippen LogP contribution in [0.1, 0.15) is 23.7 Å². The minimum absolute atomic E-state index is 0.0592. The molecule has 0 radical (unpaired) electrons. The molecule has 1 atom stereocenters. The summed E-state index contributed by atoms with van der Waals surface area (Å²) in [7, 11) is 0. The number of carbonyl (C=O) groups excluding carboxylic acids is 2. The van der Waals surface area contributed by atoms with Crippen LogP contribution in [0, 0.1) is 0 Å². The molecule has 24 heavy (non-hydrogen) atoms. The molecule has 1 fully saturated rings. The Hall–Kier alpha value is -2.40. The number of benzene rings is 2. The fraction of sp³-hybridized carbons (Fsp3) is 0.368. The van der Waals surface area contributed by atoms with Crippen LogP contribution in [0.4, 0.5) is 0 Å². The van der Waals surface area contributed by atoms with Crippen molar-refractivity contribution in [2.75, 3.05) is 26.2 Å². The number of amides is 2. The van der Waals surface area contributed by atoms with E-state index in [1.54, 1.807) is 4.90 Å². The SMILES string of the molecule is CC1CN(C(=O)CCNC(=O)c2ccc3ccccc3c2)CCO1. The summed E-state index contributed by atoms with van der Waals surface area (Å²) in [6.45, 7) is 4.13. The molecule has 0 spiro atoms. The number of ether oxygens (including phenoxy) is 1. The number of hydrogen-bond donors (Lipinski definition) is 1. The van der Waals surface area contributed by atoms with Gasteiger partial charge in [0.15, 0.2) is 0 Å². The van der Waals surface area contributed by atoms with Crippen LogP contribution < -0.4 is 5.32 Å². The Kier molecular flexibility index (Phi) is 5.11. The van der Waals surface area contributed by atoms with E-state index in [1.807, 2.05) is 49.4 Å². The van der Waals surface area contributed by atoms with Gasteiger partial charge in [0.2, 0.25) is 5.91 Å². The van der Waals surface area contributed by atoms with E-state index in [0.29, 0.717) is 38.2 Å². The van der Waals surface area contributed by atoms with Crippen molar-refractivity contribution in [2.24, 2.45) is 0 Å². The third-order valence-corrected chi connectivity index (χ3v) is 4.23. The molecule has 5 heteroatoms. The molecule has 1 aliphatic heterocycles. The average Bonchev–Trinajstić information content (AvgIpc) is 2.61. The highest BCUT2D eigenvalue weighted by molar-refractivity contribution is 5.98. The first-order valence-corrected chi connectivity index (χ1v) is 8.30. The van der Waals surface area contributed by atoms with Gasteiger partial charge in [0, 0.05) is 31.6 Å². The molecule has 1 saturated heterocycles. The van der Waals surface area contributed by atoms with E-state index in [-0.39, 0.29) is 17.9 Å². The first-order valence-electron chi connectivity index (χ1n) is 8.30. The van der Waals surface area contributed by atoms with E-state index in [2.05, 4.69) is 5.32 Å². The minimum atomic E-state index is -0.149. The number of hydrogen-bond acceptors (Lipinski definition) is 3. The average molecular weight is 326 g/mol. The molecule has 5 nitrogen and oxygen atoms in total. The van der Waals surface area contributed by atoms with E-state index in [4.69, 9.17) is 4.74 Å². The van der Waals surface area contributed by atoms with Crippen molar-refractivity contribution in [2.45, 2.75) is 19.4 Å². The summed E-state index contributed by atoms with van der Waals surface area (Å²) < 4.78 is 5.43. The maximum Gasteiger partial charge on any atom is 0.251 e. The van der Waals surface area contributed by atoms with Crippen LogP contribution in [0.15, 0.2) is 42.5 Å². The van der Waals surface area contributed by atoms with E-state index in [9.17, 15) is 9.59 Å². The predicted octanol–water partition coefficient (Wildman–Crippen LogP) is 2.21. The van der Waals surface area contributed by atoms with Gasteiger partial charge >= 0.3 is 0 Å². The standard InChI is InChI=1S/C19H22N2O3/c1-14-13-21(10-11-24-14)18(22)8-9-20-19(23)17-7-6-15-4-2-3-5-16(15)12-17/h2-7,12,14H,8-11,13H2,1H3,(H,20,23). The zero-order valence-corrected chi connectivity index (χ0v) is 13.8. The van der Waals surface area contributed by atoms with Crippen LogP contribution in [0.5, 0.6) is 0 Å². The van der Waals surface area contributed by atoms with Crippen molar-refractivity contribution in [3.05, 3.63) is 48.0 Å². The number of fused-ring (bicyclic) bond motifs is 1. The van der Waals surface area contributed by atoms with E-state index >= 15 is 0 Å². The highest BCUT2D eigenvalue weighted by atomic mass is 16.5. The third-order valence-electron chi connectivity index (χ3n) is 4.23. The molecule has 2 aromatic rings. The van der Waals surface area contributed by atoms with Gasteiger partial charge in [0.05, 0.1) is 12.7 Å². The second kappa shape index (κ2) is 7.45. The first-order chi connectivity index (χ1) is 11.6. The first kappa shape index (κ1) is 16.5. The summed E-state index contributed by atoms with van der Waals surface area (Å²) in [5.74, 6) is -0.0899. The van der Waals surface area contributed by atoms with Gasteiger partial charge in [0.1, 0.15) is 0 Å². The summed E-state index contributed by atoms with van der Waals surface area (Å²) in [5, 5.41) is 4.96. The van der Waals surface area contributed by atoms with Gasteiger partial charge in [-0.2, -0.15) is 0 Å². The molecule has 0 aromatic heterocycles. The fourth-order valence-electron chi connectivity index (χ4n) is 2.92. The minimum Gasteiger partial charge on any atom is -0.375 e. The number of nitrogens with zero attached hydrogens (tertiary/aromatic N) is 1. The smallest absolute Gasteiger partial charge is 0.251 e. The second-order valence-corrected chi connectivity index (χ2v) is 6.09. The maximum atomic E-state index is 12.2. The van der Waals surface area contributed by atoms with Crippen LogP contribution >= 0.6 is 0 Å². The molecule has 0 aliphatic carbocycles. The Balaban J connectivity index is 1.52. The predicted molar refractivity (Wildman–Crippen MR) is 92.9 cm³/mol. The highest BCUT2D eigenvalue weighted by Gasteiger charge is 2.21. The topological polar surface area (TPSA) is 58.6 Å². The van der Waals surface area contributed by atoms with Crippen LogP contribution in [0.3, 0.4) is 0 Å². The molecule has 2 amide bonds. The zero-order valence-electron chi connectivity index (χ0n) is 13.8. The molecule has 1 unspecified atom stereocenters. The number of rotatable bonds is 4. The third kappa shape index (κ3) is 3.92. The largest absolute Gasteiger partial charge is 0.375 e. The lowest BCUT2D eigenvalue weighted by Gasteiger charge is -2.31. The van der Waals surface area contributed by atoms with Gasteiger partial charge < -0.3 is 15.0 Å². The Morgan fingerprint density at radius 3 is 2.79 bits per heavy atom. The molecule has 0 saturated carbocycles. The molecular formula is C19H22N2O3. The summed E-state index contributed by atoms with van der Waals surface area (Å²) >= 11 is 0. The monoisotopic (exact) mass is 326 g/mol. The molecule has 126 valence electrons. The maximum absolute atomic E-state index is 12.2. The van der Waals surface area contributed by atoms with Gasteiger partial charge in [-0.15, -0.1) is 0 Å². The molecule has 1 heterocycles. The van der Waals surface area contributed by atoms with Gasteiger partial charge in [0.25, 0.3) is 5.91 Å². The van der Waals surface area contributed by atoms with Crippen molar-refractivity contribution < 1.29 is 14.3 Å². The highest BCUT2D eigenvalue weighted by Crippen LogP contribution is 2.15. The molecular weight excluding hydrogens is 304 g/mol. The lowest BCUT2D eigenvalue weighted by molar-refractivity contribution is -0.137. The van der Waals surface area contributed by atoms with Gasteiger partial charge in [-0.1, -0.05) is 30.3 Å². The van der Waals surface area contributed by atoms with Crippen molar-refractivity contribution >= 4 is 22.6 Å². The number of nitrogens with one attached hydrogen (secondary N) is 1. The van der Waals surface area contributed by atoms with Gasteiger partial charge in [-0.25, -0.2) is 0 Å². The Labute approximate surface area is 141 Å². The van der Waals surface area contributed by atoms with Crippen LogP contribution in [-0.2, 0) is 9.53 Å². The Bertz CT molecular complexity index is 744. The van der Waals surface area contributed by atoms with E-state index < -0.39 is 0 Å². The van der Waals surface area contributed by atoms with E-state index in [1.165, 1.54) is 0 Å².